The standard InChI is InChI=1S/C20H19N5O2S/c1-13(2)14-8-10-15(11-9-14)24-18(26)12-17(19(24)27)28-20-21-22-23-25(20)16-6-4-3-5-7-16/h3-11,13,17H,12H2,1-2H3/t17-/m0/s1. The monoisotopic (exact) mass is 393 g/mol. The van der Waals surface area contributed by atoms with Crippen LogP contribution >= 0.6 is 11.8 Å². The van der Waals surface area contributed by atoms with Crippen molar-refractivity contribution in [2.75, 3.05) is 4.90 Å². The molecule has 2 amide bonds. The van der Waals surface area contributed by atoms with E-state index in [1.54, 1.807) is 4.68 Å². The highest BCUT2D eigenvalue weighted by molar-refractivity contribution is 8.00. The van der Waals surface area contributed by atoms with Crippen molar-refractivity contribution in [3.8, 4) is 5.69 Å². The van der Waals surface area contributed by atoms with Gasteiger partial charge in [-0.1, -0.05) is 55.9 Å². The molecule has 0 aliphatic carbocycles. The Labute approximate surface area is 166 Å². The first kappa shape index (κ1) is 18.4. The maximum atomic E-state index is 12.9. The largest absolute Gasteiger partial charge is 0.274 e. The lowest BCUT2D eigenvalue weighted by Gasteiger charge is -2.16. The Kier molecular flexibility index (Phi) is 4.95. The highest BCUT2D eigenvalue weighted by Crippen LogP contribution is 2.34. The fourth-order valence-corrected chi connectivity index (χ4v) is 4.10. The molecule has 8 heteroatoms. The number of tetrazole rings is 1. The molecule has 1 saturated heterocycles. The van der Waals surface area contributed by atoms with Crippen LogP contribution in [0.15, 0.2) is 59.8 Å². The number of imide groups is 1. The minimum Gasteiger partial charge on any atom is -0.274 e. The van der Waals surface area contributed by atoms with Crippen molar-refractivity contribution in [3.63, 3.8) is 0 Å². The van der Waals surface area contributed by atoms with Crippen LogP contribution in [0.3, 0.4) is 0 Å². The molecule has 4 rings (SSSR count). The van der Waals surface area contributed by atoms with Gasteiger partial charge in [0.15, 0.2) is 0 Å². The van der Waals surface area contributed by atoms with Crippen LogP contribution in [0.2, 0.25) is 0 Å². The topological polar surface area (TPSA) is 81.0 Å². The average molecular weight is 393 g/mol. The van der Waals surface area contributed by atoms with Crippen molar-refractivity contribution in [1.29, 1.82) is 0 Å². The Morgan fingerprint density at radius 3 is 2.39 bits per heavy atom. The molecule has 0 saturated carbocycles. The molecule has 2 aromatic carbocycles. The zero-order valence-corrected chi connectivity index (χ0v) is 16.3. The molecule has 1 aromatic heterocycles. The predicted molar refractivity (Wildman–Crippen MR) is 106 cm³/mol. The van der Waals surface area contributed by atoms with Gasteiger partial charge in [0, 0.05) is 6.42 Å². The van der Waals surface area contributed by atoms with Gasteiger partial charge in [0.25, 0.3) is 0 Å². The molecule has 0 bridgehead atoms. The van der Waals surface area contributed by atoms with Gasteiger partial charge in [0.05, 0.1) is 11.4 Å². The van der Waals surface area contributed by atoms with E-state index in [9.17, 15) is 9.59 Å². The van der Waals surface area contributed by atoms with Crippen molar-refractivity contribution in [2.24, 2.45) is 0 Å². The van der Waals surface area contributed by atoms with Crippen LogP contribution < -0.4 is 4.90 Å². The molecule has 7 nitrogen and oxygen atoms in total. The SMILES string of the molecule is CC(C)c1ccc(N2C(=O)C[C@H](Sc3nnnn3-c3ccccc3)C2=O)cc1. The number of hydrogen-bond donors (Lipinski definition) is 0. The lowest BCUT2D eigenvalue weighted by molar-refractivity contribution is -0.121. The second kappa shape index (κ2) is 7.55. The quantitative estimate of drug-likeness (QED) is 0.619. The first-order valence-electron chi connectivity index (χ1n) is 9.02. The van der Waals surface area contributed by atoms with Crippen LogP contribution in [0.1, 0.15) is 31.7 Å². The Hall–Kier alpha value is -3.00. The minimum atomic E-state index is -0.550. The van der Waals surface area contributed by atoms with E-state index < -0.39 is 5.25 Å². The molecule has 0 N–H and O–H groups in total. The summed E-state index contributed by atoms with van der Waals surface area (Å²) >= 11 is 1.21. The molecule has 0 spiro atoms. The predicted octanol–water partition coefficient (Wildman–Crippen LogP) is 3.21. The van der Waals surface area contributed by atoms with Crippen LogP contribution in [0.5, 0.6) is 0 Å². The van der Waals surface area contributed by atoms with Gasteiger partial charge in [-0.2, -0.15) is 4.68 Å². The zero-order valence-electron chi connectivity index (χ0n) is 15.5. The molecule has 1 fully saturated rings. The molecule has 1 aliphatic heterocycles. The highest BCUT2D eigenvalue weighted by atomic mass is 32.2. The van der Waals surface area contributed by atoms with Crippen molar-refractivity contribution in [3.05, 3.63) is 60.2 Å². The number of thioether (sulfide) groups is 1. The molecule has 0 unspecified atom stereocenters. The second-order valence-corrected chi connectivity index (χ2v) is 8.00. The third-order valence-electron chi connectivity index (χ3n) is 4.61. The normalized spacial score (nSPS) is 17.0. The number of amides is 2. The van der Waals surface area contributed by atoms with E-state index in [-0.39, 0.29) is 18.2 Å². The average Bonchev–Trinajstić information content (AvgIpc) is 3.27. The first-order valence-corrected chi connectivity index (χ1v) is 9.90. The smallest absolute Gasteiger partial charge is 0.247 e. The van der Waals surface area contributed by atoms with Crippen LogP contribution in [0, 0.1) is 0 Å². The Bertz CT molecular complexity index is 1000. The van der Waals surface area contributed by atoms with Crippen molar-refractivity contribution in [2.45, 2.75) is 36.6 Å². The van der Waals surface area contributed by atoms with Gasteiger partial charge in [0.1, 0.15) is 5.25 Å². The first-order chi connectivity index (χ1) is 13.5. The van der Waals surface area contributed by atoms with Gasteiger partial charge in [-0.25, -0.2) is 4.90 Å². The number of carbonyl (C=O) groups is 2. The molecule has 1 aliphatic rings. The number of aromatic nitrogens is 4. The van der Waals surface area contributed by atoms with E-state index in [2.05, 4.69) is 29.4 Å². The summed E-state index contributed by atoms with van der Waals surface area (Å²) in [5.74, 6) is -0.0624. The highest BCUT2D eigenvalue weighted by Gasteiger charge is 2.41. The van der Waals surface area contributed by atoms with E-state index in [0.717, 1.165) is 11.3 Å². The van der Waals surface area contributed by atoms with Crippen LogP contribution in [-0.4, -0.2) is 37.3 Å². The summed E-state index contributed by atoms with van der Waals surface area (Å²) < 4.78 is 1.57. The molecule has 142 valence electrons. The van der Waals surface area contributed by atoms with Crippen LogP contribution in [0.4, 0.5) is 5.69 Å². The molecular weight excluding hydrogens is 374 g/mol. The van der Waals surface area contributed by atoms with E-state index >= 15 is 0 Å². The van der Waals surface area contributed by atoms with Gasteiger partial charge < -0.3 is 0 Å². The summed E-state index contributed by atoms with van der Waals surface area (Å²) in [6.45, 7) is 4.20. The lowest BCUT2D eigenvalue weighted by Crippen LogP contribution is -2.31. The molecule has 0 radical (unpaired) electrons. The van der Waals surface area contributed by atoms with Crippen LogP contribution in [-0.2, 0) is 9.59 Å². The summed E-state index contributed by atoms with van der Waals surface area (Å²) in [6.07, 6.45) is 0.122. The molecule has 1 atom stereocenters. The van der Waals surface area contributed by atoms with Gasteiger partial charge in [0.2, 0.25) is 17.0 Å². The number of para-hydroxylation sites is 1. The third kappa shape index (κ3) is 3.43. The number of carbonyl (C=O) groups excluding carboxylic acids is 2. The summed E-state index contributed by atoms with van der Waals surface area (Å²) in [7, 11) is 0. The molecule has 3 aromatic rings. The fourth-order valence-electron chi connectivity index (χ4n) is 3.09. The number of nitrogens with zero attached hydrogens (tertiary/aromatic N) is 5. The molecule has 28 heavy (non-hydrogen) atoms. The van der Waals surface area contributed by atoms with E-state index in [1.807, 2.05) is 54.6 Å². The van der Waals surface area contributed by atoms with Crippen molar-refractivity contribution in [1.82, 2.24) is 20.2 Å². The minimum absolute atomic E-state index is 0.122. The summed E-state index contributed by atoms with van der Waals surface area (Å²) in [5, 5.41) is 11.7. The van der Waals surface area contributed by atoms with E-state index in [0.29, 0.717) is 16.8 Å². The van der Waals surface area contributed by atoms with Crippen LogP contribution in [0.25, 0.3) is 5.69 Å². The van der Waals surface area contributed by atoms with Gasteiger partial charge in [-0.3, -0.25) is 9.59 Å². The maximum absolute atomic E-state index is 12.9. The van der Waals surface area contributed by atoms with Gasteiger partial charge in [-0.05, 0) is 46.2 Å². The summed E-state index contributed by atoms with van der Waals surface area (Å²) in [4.78, 5) is 26.7. The fraction of sp³-hybridized carbons (Fsp3) is 0.250. The van der Waals surface area contributed by atoms with Gasteiger partial charge >= 0.3 is 0 Å². The lowest BCUT2D eigenvalue weighted by atomic mass is 10.0. The number of benzene rings is 2. The van der Waals surface area contributed by atoms with E-state index in [1.165, 1.54) is 16.7 Å². The Balaban J connectivity index is 1.55. The Morgan fingerprint density at radius 2 is 1.71 bits per heavy atom. The summed E-state index contributed by atoms with van der Waals surface area (Å²) in [5.41, 5.74) is 2.56. The maximum Gasteiger partial charge on any atom is 0.247 e. The Morgan fingerprint density at radius 1 is 1.00 bits per heavy atom. The molecular formula is C20H19N5O2S. The zero-order chi connectivity index (χ0) is 19.7. The van der Waals surface area contributed by atoms with Crippen molar-refractivity contribution >= 4 is 29.3 Å². The number of anilines is 1. The molecule has 2 heterocycles. The van der Waals surface area contributed by atoms with Crippen molar-refractivity contribution < 1.29 is 9.59 Å². The van der Waals surface area contributed by atoms with E-state index in [4.69, 9.17) is 0 Å². The number of rotatable bonds is 5. The third-order valence-corrected chi connectivity index (χ3v) is 5.73. The number of hydrogen-bond acceptors (Lipinski definition) is 6. The van der Waals surface area contributed by atoms with Gasteiger partial charge in [-0.15, -0.1) is 5.10 Å². The summed E-state index contributed by atoms with van der Waals surface area (Å²) in [6, 6.07) is 17.0. The second-order valence-electron chi connectivity index (χ2n) is 6.83.